The Balaban J connectivity index is 1.18. The molecule has 0 aromatic heterocycles. The standard InChI is InChI=1S/C24H31N3O2/c1-29-23-11-5-3-9-21(23)24(28)25-14-6-7-15-26-16-17-27-20(18-26)13-12-19-8-2-4-10-22(19)27/h2-5,8-11,20H,6-7,12-18H2,1H3,(H,25,28). The van der Waals surface area contributed by atoms with Crippen molar-refractivity contribution in [2.24, 2.45) is 0 Å². The van der Waals surface area contributed by atoms with E-state index in [0.717, 1.165) is 39.0 Å². The van der Waals surface area contributed by atoms with Gasteiger partial charge in [0.15, 0.2) is 0 Å². The third kappa shape index (κ3) is 4.56. The quantitative estimate of drug-likeness (QED) is 0.733. The van der Waals surface area contributed by atoms with Gasteiger partial charge in [0.1, 0.15) is 5.75 Å². The van der Waals surface area contributed by atoms with Crippen LogP contribution in [0.3, 0.4) is 0 Å². The van der Waals surface area contributed by atoms with Crippen molar-refractivity contribution >= 4 is 11.6 Å². The van der Waals surface area contributed by atoms with Crippen molar-refractivity contribution in [2.45, 2.75) is 31.7 Å². The summed E-state index contributed by atoms with van der Waals surface area (Å²) in [6.07, 6.45) is 4.55. The highest BCUT2D eigenvalue weighted by molar-refractivity contribution is 5.96. The summed E-state index contributed by atoms with van der Waals surface area (Å²) in [5.41, 5.74) is 3.55. The molecule has 1 atom stereocenters. The summed E-state index contributed by atoms with van der Waals surface area (Å²) in [6, 6.07) is 16.9. The van der Waals surface area contributed by atoms with Gasteiger partial charge < -0.3 is 15.0 Å². The molecular weight excluding hydrogens is 362 g/mol. The second-order valence-electron chi connectivity index (χ2n) is 7.98. The average Bonchev–Trinajstić information content (AvgIpc) is 2.78. The predicted octanol–water partition coefficient (Wildman–Crippen LogP) is 3.34. The molecule has 2 aliphatic heterocycles. The highest BCUT2D eigenvalue weighted by Gasteiger charge is 2.30. The van der Waals surface area contributed by atoms with Crippen LogP contribution >= 0.6 is 0 Å². The molecule has 2 aliphatic rings. The minimum Gasteiger partial charge on any atom is -0.496 e. The second kappa shape index (κ2) is 9.31. The lowest BCUT2D eigenvalue weighted by atomic mass is 9.94. The minimum atomic E-state index is -0.0584. The first kappa shape index (κ1) is 19.8. The molecule has 0 aliphatic carbocycles. The number of carbonyl (C=O) groups excluding carboxylic acids is 1. The maximum absolute atomic E-state index is 12.3. The molecule has 5 heteroatoms. The Morgan fingerprint density at radius 2 is 1.93 bits per heavy atom. The number of methoxy groups -OCH3 is 1. The summed E-state index contributed by atoms with van der Waals surface area (Å²) >= 11 is 0. The van der Waals surface area contributed by atoms with E-state index in [-0.39, 0.29) is 5.91 Å². The van der Waals surface area contributed by atoms with Crippen molar-refractivity contribution in [3.8, 4) is 5.75 Å². The SMILES string of the molecule is COc1ccccc1C(=O)NCCCCN1CCN2c3ccccc3CCC2C1. The first-order valence-corrected chi connectivity index (χ1v) is 10.7. The number of para-hydroxylation sites is 2. The highest BCUT2D eigenvalue weighted by atomic mass is 16.5. The first-order valence-electron chi connectivity index (χ1n) is 10.7. The number of benzene rings is 2. The van der Waals surface area contributed by atoms with E-state index in [2.05, 4.69) is 39.4 Å². The lowest BCUT2D eigenvalue weighted by Gasteiger charge is -2.46. The van der Waals surface area contributed by atoms with Crippen LogP contribution in [-0.4, -0.2) is 56.7 Å². The second-order valence-corrected chi connectivity index (χ2v) is 7.98. The number of amides is 1. The number of ether oxygens (including phenoxy) is 1. The zero-order chi connectivity index (χ0) is 20.1. The number of nitrogens with zero attached hydrogens (tertiary/aromatic N) is 2. The van der Waals surface area contributed by atoms with Crippen molar-refractivity contribution in [1.82, 2.24) is 10.2 Å². The molecule has 1 amide bonds. The van der Waals surface area contributed by atoms with Gasteiger partial charge in [-0.25, -0.2) is 0 Å². The minimum absolute atomic E-state index is 0.0584. The lowest BCUT2D eigenvalue weighted by molar-refractivity contribution is 0.0949. The Morgan fingerprint density at radius 3 is 2.83 bits per heavy atom. The van der Waals surface area contributed by atoms with Gasteiger partial charge in [-0.3, -0.25) is 9.69 Å². The summed E-state index contributed by atoms with van der Waals surface area (Å²) in [7, 11) is 1.59. The Hall–Kier alpha value is -2.53. The summed E-state index contributed by atoms with van der Waals surface area (Å²) in [4.78, 5) is 17.5. The number of rotatable bonds is 7. The number of hydrogen-bond donors (Lipinski definition) is 1. The van der Waals surface area contributed by atoms with Gasteiger partial charge in [0, 0.05) is 37.9 Å². The van der Waals surface area contributed by atoms with Gasteiger partial charge in [0.2, 0.25) is 0 Å². The Kier molecular flexibility index (Phi) is 6.35. The number of fused-ring (bicyclic) bond motifs is 3. The third-order valence-electron chi connectivity index (χ3n) is 6.15. The van der Waals surface area contributed by atoms with E-state index in [0.29, 0.717) is 23.9 Å². The van der Waals surface area contributed by atoms with Gasteiger partial charge in [-0.15, -0.1) is 0 Å². The number of carbonyl (C=O) groups is 1. The van der Waals surface area contributed by atoms with Gasteiger partial charge in [0.25, 0.3) is 5.91 Å². The molecule has 1 saturated heterocycles. The molecule has 0 saturated carbocycles. The molecule has 5 nitrogen and oxygen atoms in total. The first-order chi connectivity index (χ1) is 14.3. The third-order valence-corrected chi connectivity index (χ3v) is 6.15. The monoisotopic (exact) mass is 393 g/mol. The van der Waals surface area contributed by atoms with Gasteiger partial charge in [-0.1, -0.05) is 30.3 Å². The van der Waals surface area contributed by atoms with Crippen LogP contribution in [0.1, 0.15) is 35.2 Å². The molecule has 1 N–H and O–H groups in total. The van der Waals surface area contributed by atoms with E-state index in [1.165, 1.54) is 24.1 Å². The molecule has 29 heavy (non-hydrogen) atoms. The van der Waals surface area contributed by atoms with Crippen LogP contribution in [0.4, 0.5) is 5.69 Å². The van der Waals surface area contributed by atoms with Crippen LogP contribution in [0.5, 0.6) is 5.75 Å². The van der Waals surface area contributed by atoms with Crippen molar-refractivity contribution < 1.29 is 9.53 Å². The zero-order valence-electron chi connectivity index (χ0n) is 17.3. The molecule has 2 aromatic carbocycles. The Labute approximate surface area is 173 Å². The molecular formula is C24H31N3O2. The van der Waals surface area contributed by atoms with E-state index < -0.39 is 0 Å². The van der Waals surface area contributed by atoms with E-state index in [9.17, 15) is 4.79 Å². The Morgan fingerprint density at radius 1 is 1.10 bits per heavy atom. The normalized spacial score (nSPS) is 18.7. The van der Waals surface area contributed by atoms with E-state index in [4.69, 9.17) is 4.74 Å². The maximum Gasteiger partial charge on any atom is 0.255 e. The van der Waals surface area contributed by atoms with Crippen LogP contribution in [0, 0.1) is 0 Å². The van der Waals surface area contributed by atoms with Crippen molar-refractivity contribution in [2.75, 3.05) is 44.7 Å². The summed E-state index contributed by atoms with van der Waals surface area (Å²) < 4.78 is 5.27. The lowest BCUT2D eigenvalue weighted by Crippen LogP contribution is -2.55. The molecule has 0 bridgehead atoms. The topological polar surface area (TPSA) is 44.8 Å². The summed E-state index contributed by atoms with van der Waals surface area (Å²) in [5, 5.41) is 3.02. The predicted molar refractivity (Wildman–Crippen MR) is 117 cm³/mol. The fraction of sp³-hybridized carbons (Fsp3) is 0.458. The van der Waals surface area contributed by atoms with Crippen molar-refractivity contribution in [3.05, 3.63) is 59.7 Å². The zero-order valence-corrected chi connectivity index (χ0v) is 17.3. The van der Waals surface area contributed by atoms with Gasteiger partial charge in [0.05, 0.1) is 12.7 Å². The van der Waals surface area contributed by atoms with Crippen LogP contribution in [0.15, 0.2) is 48.5 Å². The van der Waals surface area contributed by atoms with E-state index in [1.54, 1.807) is 13.2 Å². The summed E-state index contributed by atoms with van der Waals surface area (Å²) in [6.45, 7) is 5.21. The molecule has 4 rings (SSSR count). The van der Waals surface area contributed by atoms with Crippen molar-refractivity contribution in [3.63, 3.8) is 0 Å². The van der Waals surface area contributed by atoms with Gasteiger partial charge in [-0.05, 0) is 56.0 Å². The smallest absolute Gasteiger partial charge is 0.255 e. The molecule has 1 unspecified atom stereocenters. The van der Waals surface area contributed by atoms with Crippen LogP contribution in [0.25, 0.3) is 0 Å². The highest BCUT2D eigenvalue weighted by Crippen LogP contribution is 2.32. The molecule has 0 spiro atoms. The van der Waals surface area contributed by atoms with Crippen molar-refractivity contribution in [1.29, 1.82) is 0 Å². The number of piperazine rings is 1. The molecule has 2 aromatic rings. The van der Waals surface area contributed by atoms with Gasteiger partial charge >= 0.3 is 0 Å². The van der Waals surface area contributed by atoms with E-state index >= 15 is 0 Å². The number of hydrogen-bond acceptors (Lipinski definition) is 4. The maximum atomic E-state index is 12.3. The number of unbranched alkanes of at least 4 members (excludes halogenated alkanes) is 1. The molecule has 1 fully saturated rings. The van der Waals surface area contributed by atoms with Gasteiger partial charge in [-0.2, -0.15) is 0 Å². The number of nitrogens with one attached hydrogen (secondary N) is 1. The average molecular weight is 394 g/mol. The van der Waals surface area contributed by atoms with Crippen LogP contribution < -0.4 is 15.0 Å². The summed E-state index contributed by atoms with van der Waals surface area (Å²) in [5.74, 6) is 0.564. The van der Waals surface area contributed by atoms with Crippen LogP contribution in [-0.2, 0) is 6.42 Å². The molecule has 2 heterocycles. The molecule has 0 radical (unpaired) electrons. The van der Waals surface area contributed by atoms with E-state index in [1.807, 2.05) is 18.2 Å². The largest absolute Gasteiger partial charge is 0.496 e. The fourth-order valence-electron chi connectivity index (χ4n) is 4.60. The number of anilines is 1. The fourth-order valence-corrected chi connectivity index (χ4v) is 4.60. The van der Waals surface area contributed by atoms with Crippen LogP contribution in [0.2, 0.25) is 0 Å². The molecule has 154 valence electrons. The number of aryl methyl sites for hydroxylation is 1. The Bertz CT molecular complexity index is 838.